The molecule has 4 nitrogen and oxygen atoms in total. The molecule has 1 aromatic carbocycles. The number of rotatable bonds is 3. The van der Waals surface area contributed by atoms with Crippen LogP contribution >= 0.6 is 12.2 Å². The normalized spacial score (nSPS) is 19.4. The smallest absolute Gasteiger partial charge is 0.254 e. The van der Waals surface area contributed by atoms with Crippen molar-refractivity contribution in [3.8, 4) is 0 Å². The van der Waals surface area contributed by atoms with Gasteiger partial charge in [-0.05, 0) is 25.0 Å². The zero-order valence-electron chi connectivity index (χ0n) is 11.4. The highest BCUT2D eigenvalue weighted by Gasteiger charge is 2.25. The highest BCUT2D eigenvalue weighted by Crippen LogP contribution is 2.19. The van der Waals surface area contributed by atoms with Crippen molar-refractivity contribution in [2.45, 2.75) is 31.7 Å². The van der Waals surface area contributed by atoms with Gasteiger partial charge in [-0.2, -0.15) is 0 Å². The number of hydrogen-bond donors (Lipinski definition) is 2. The van der Waals surface area contributed by atoms with Gasteiger partial charge in [-0.3, -0.25) is 4.79 Å². The number of benzene rings is 1. The third kappa shape index (κ3) is 3.35. The summed E-state index contributed by atoms with van der Waals surface area (Å²) < 4.78 is 0. The second-order valence-electron chi connectivity index (χ2n) is 5.13. The number of nitrogens with zero attached hydrogens (tertiary/aromatic N) is 1. The monoisotopic (exact) mass is 292 g/mol. The molecular formula is C15H20N2O2S. The maximum Gasteiger partial charge on any atom is 0.254 e. The van der Waals surface area contributed by atoms with Crippen LogP contribution in [0.25, 0.3) is 0 Å². The molecule has 1 amide bonds. The van der Waals surface area contributed by atoms with Gasteiger partial charge in [0.05, 0.1) is 12.6 Å². The molecule has 0 spiro atoms. The molecule has 2 rings (SSSR count). The Labute approximate surface area is 124 Å². The maximum absolute atomic E-state index is 12.6. The third-order valence-electron chi connectivity index (χ3n) is 3.74. The number of carbonyl (C=O) groups excluding carboxylic acids is 1. The molecule has 0 radical (unpaired) electrons. The standard InChI is InChI=1S/C15H20N2O2S/c16-14(20)11-5-4-6-12(9-11)15(19)17-8-3-1-2-7-13(17)10-18/h4-6,9,13,18H,1-3,7-8,10H2,(H2,16,20). The molecule has 0 aromatic heterocycles. The minimum absolute atomic E-state index is 0.0146. The van der Waals surface area contributed by atoms with Gasteiger partial charge in [0, 0.05) is 17.7 Å². The summed E-state index contributed by atoms with van der Waals surface area (Å²) in [5, 5.41) is 9.49. The molecule has 108 valence electrons. The Morgan fingerprint density at radius 3 is 2.80 bits per heavy atom. The summed E-state index contributed by atoms with van der Waals surface area (Å²) in [6, 6.07) is 6.99. The Morgan fingerprint density at radius 1 is 1.35 bits per heavy atom. The van der Waals surface area contributed by atoms with Crippen molar-refractivity contribution >= 4 is 23.1 Å². The summed E-state index contributed by atoms with van der Waals surface area (Å²) in [4.78, 5) is 14.7. The van der Waals surface area contributed by atoms with Gasteiger partial charge in [-0.1, -0.05) is 37.2 Å². The lowest BCUT2D eigenvalue weighted by atomic mass is 10.1. The van der Waals surface area contributed by atoms with Gasteiger partial charge in [-0.25, -0.2) is 0 Å². The van der Waals surface area contributed by atoms with Gasteiger partial charge < -0.3 is 15.7 Å². The van der Waals surface area contributed by atoms with Gasteiger partial charge >= 0.3 is 0 Å². The first-order valence-electron chi connectivity index (χ1n) is 6.95. The molecule has 1 atom stereocenters. The first-order valence-corrected chi connectivity index (χ1v) is 7.36. The molecule has 5 heteroatoms. The molecule has 1 fully saturated rings. The van der Waals surface area contributed by atoms with Crippen LogP contribution in [-0.2, 0) is 0 Å². The van der Waals surface area contributed by atoms with Crippen molar-refractivity contribution in [2.75, 3.05) is 13.2 Å². The second kappa shape index (κ2) is 6.81. The predicted octanol–water partition coefficient (Wildman–Crippen LogP) is 1.70. The first-order chi connectivity index (χ1) is 9.63. The number of hydrogen-bond acceptors (Lipinski definition) is 3. The lowest BCUT2D eigenvalue weighted by Crippen LogP contribution is -2.42. The maximum atomic E-state index is 12.6. The van der Waals surface area contributed by atoms with Crippen LogP contribution in [0, 0.1) is 0 Å². The van der Waals surface area contributed by atoms with E-state index in [1.54, 1.807) is 29.2 Å². The largest absolute Gasteiger partial charge is 0.394 e. The molecule has 1 saturated heterocycles. The van der Waals surface area contributed by atoms with E-state index in [0.29, 0.717) is 17.7 Å². The summed E-state index contributed by atoms with van der Waals surface area (Å²) in [6.07, 6.45) is 4.00. The SMILES string of the molecule is NC(=S)c1cccc(C(=O)N2CCCCCC2CO)c1. The van der Waals surface area contributed by atoms with Crippen LogP contribution in [0.2, 0.25) is 0 Å². The number of carbonyl (C=O) groups is 1. The van der Waals surface area contributed by atoms with E-state index in [4.69, 9.17) is 18.0 Å². The van der Waals surface area contributed by atoms with Crippen molar-refractivity contribution in [3.05, 3.63) is 35.4 Å². The number of amides is 1. The van der Waals surface area contributed by atoms with Gasteiger partial charge in [0.25, 0.3) is 5.91 Å². The average Bonchev–Trinajstić information content (AvgIpc) is 2.71. The molecule has 1 heterocycles. The van der Waals surface area contributed by atoms with E-state index in [1.807, 2.05) is 0 Å². The fourth-order valence-electron chi connectivity index (χ4n) is 2.61. The van der Waals surface area contributed by atoms with Crippen LogP contribution < -0.4 is 5.73 Å². The molecule has 0 saturated carbocycles. The zero-order chi connectivity index (χ0) is 14.5. The number of nitrogens with two attached hydrogens (primary N) is 1. The predicted molar refractivity (Wildman–Crippen MR) is 82.7 cm³/mol. The number of thiocarbonyl (C=S) groups is 1. The molecular weight excluding hydrogens is 272 g/mol. The molecule has 1 aromatic rings. The summed E-state index contributed by atoms with van der Waals surface area (Å²) in [5.41, 5.74) is 6.88. The van der Waals surface area contributed by atoms with Crippen molar-refractivity contribution in [3.63, 3.8) is 0 Å². The summed E-state index contributed by atoms with van der Waals surface area (Å²) in [5.74, 6) is -0.0518. The van der Waals surface area contributed by atoms with Crippen LogP contribution in [-0.4, -0.2) is 40.1 Å². The highest BCUT2D eigenvalue weighted by atomic mass is 32.1. The van der Waals surface area contributed by atoms with E-state index in [1.165, 1.54) is 0 Å². The fraction of sp³-hybridized carbons (Fsp3) is 0.467. The third-order valence-corrected chi connectivity index (χ3v) is 3.98. The van der Waals surface area contributed by atoms with Crippen molar-refractivity contribution in [2.24, 2.45) is 5.73 Å². The molecule has 0 aliphatic carbocycles. The van der Waals surface area contributed by atoms with Crippen molar-refractivity contribution in [1.29, 1.82) is 0 Å². The summed E-state index contributed by atoms with van der Waals surface area (Å²) in [7, 11) is 0. The molecule has 1 aliphatic rings. The Bertz CT molecular complexity index is 504. The van der Waals surface area contributed by atoms with Gasteiger partial charge in [0.15, 0.2) is 0 Å². The molecule has 1 unspecified atom stereocenters. The van der Waals surface area contributed by atoms with Gasteiger partial charge in [-0.15, -0.1) is 0 Å². The van der Waals surface area contributed by atoms with E-state index >= 15 is 0 Å². The van der Waals surface area contributed by atoms with Gasteiger partial charge in [0.2, 0.25) is 0 Å². The fourth-order valence-corrected chi connectivity index (χ4v) is 2.73. The quantitative estimate of drug-likeness (QED) is 0.832. The van der Waals surface area contributed by atoms with E-state index in [2.05, 4.69) is 0 Å². The lowest BCUT2D eigenvalue weighted by molar-refractivity contribution is 0.0600. The Kier molecular flexibility index (Phi) is 5.09. The average molecular weight is 292 g/mol. The molecule has 0 bridgehead atoms. The van der Waals surface area contributed by atoms with Crippen LogP contribution in [0.3, 0.4) is 0 Å². The molecule has 20 heavy (non-hydrogen) atoms. The minimum Gasteiger partial charge on any atom is -0.394 e. The van der Waals surface area contributed by atoms with E-state index in [0.717, 1.165) is 25.7 Å². The minimum atomic E-state index is -0.0847. The topological polar surface area (TPSA) is 66.6 Å². The molecule has 3 N–H and O–H groups in total. The Morgan fingerprint density at radius 2 is 2.10 bits per heavy atom. The number of aliphatic hydroxyl groups is 1. The number of likely N-dealkylation sites (tertiary alicyclic amines) is 1. The van der Waals surface area contributed by atoms with E-state index in [9.17, 15) is 9.90 Å². The number of aliphatic hydroxyl groups excluding tert-OH is 1. The zero-order valence-corrected chi connectivity index (χ0v) is 12.2. The Balaban J connectivity index is 2.24. The van der Waals surface area contributed by atoms with Crippen molar-refractivity contribution < 1.29 is 9.90 Å². The van der Waals surface area contributed by atoms with Crippen molar-refractivity contribution in [1.82, 2.24) is 4.90 Å². The second-order valence-corrected chi connectivity index (χ2v) is 5.57. The summed E-state index contributed by atoms with van der Waals surface area (Å²) in [6.45, 7) is 0.710. The van der Waals surface area contributed by atoms with E-state index in [-0.39, 0.29) is 23.5 Å². The van der Waals surface area contributed by atoms with Crippen LogP contribution in [0.15, 0.2) is 24.3 Å². The van der Waals surface area contributed by atoms with Crippen LogP contribution in [0.5, 0.6) is 0 Å². The highest BCUT2D eigenvalue weighted by molar-refractivity contribution is 7.80. The summed E-state index contributed by atoms with van der Waals surface area (Å²) >= 11 is 4.95. The van der Waals surface area contributed by atoms with E-state index < -0.39 is 0 Å². The Hall–Kier alpha value is -1.46. The van der Waals surface area contributed by atoms with Crippen LogP contribution in [0.1, 0.15) is 41.6 Å². The molecule has 1 aliphatic heterocycles. The van der Waals surface area contributed by atoms with Crippen LogP contribution in [0.4, 0.5) is 0 Å². The first kappa shape index (κ1) is 14.9. The lowest BCUT2D eigenvalue weighted by Gasteiger charge is -2.28. The van der Waals surface area contributed by atoms with Gasteiger partial charge in [0.1, 0.15) is 4.99 Å².